The number of carbonyl (C=O) groups is 1. The number of rotatable bonds is 3. The minimum atomic E-state index is -4.89. The highest BCUT2D eigenvalue weighted by Crippen LogP contribution is 2.36. The van der Waals surface area contributed by atoms with Crippen molar-refractivity contribution in [3.8, 4) is 5.75 Å². The molecule has 0 aliphatic carbocycles. The van der Waals surface area contributed by atoms with Gasteiger partial charge in [-0.15, -0.1) is 0 Å². The lowest BCUT2D eigenvalue weighted by Crippen LogP contribution is -2.21. The molecule has 11 heteroatoms. The maximum atomic E-state index is 13.9. The molecule has 2 aromatic rings. The van der Waals surface area contributed by atoms with Gasteiger partial charge in [-0.3, -0.25) is 4.79 Å². The Bertz CT molecular complexity index is 854. The average Bonchev–Trinajstić information content (AvgIpc) is 2.54. The van der Waals surface area contributed by atoms with Gasteiger partial charge in [0.2, 0.25) is 11.6 Å². The SMILES string of the molecule is COc1c(F)c(F)c(C(=O)Nc2ccc(I)cc2C(F)(F)F)c(F)c1F. The summed E-state index contributed by atoms with van der Waals surface area (Å²) < 4.78 is 98.5. The number of benzene rings is 2. The molecule has 0 aliphatic heterocycles. The van der Waals surface area contributed by atoms with Gasteiger partial charge in [0.1, 0.15) is 5.56 Å². The lowest BCUT2D eigenvalue weighted by atomic mass is 10.1. The normalized spacial score (nSPS) is 11.4. The van der Waals surface area contributed by atoms with E-state index in [9.17, 15) is 35.5 Å². The maximum Gasteiger partial charge on any atom is 0.418 e. The molecule has 0 heterocycles. The van der Waals surface area contributed by atoms with Crippen molar-refractivity contribution in [1.82, 2.24) is 0 Å². The van der Waals surface area contributed by atoms with Gasteiger partial charge in [0.15, 0.2) is 17.4 Å². The molecule has 0 saturated carbocycles. The zero-order valence-corrected chi connectivity index (χ0v) is 14.7. The quantitative estimate of drug-likeness (QED) is 0.366. The third kappa shape index (κ3) is 3.71. The van der Waals surface area contributed by atoms with Crippen molar-refractivity contribution >= 4 is 34.2 Å². The number of halogens is 8. The van der Waals surface area contributed by atoms with E-state index in [1.807, 2.05) is 0 Å². The van der Waals surface area contributed by atoms with Crippen LogP contribution in [0.2, 0.25) is 0 Å². The molecule has 2 aromatic carbocycles. The topological polar surface area (TPSA) is 38.3 Å². The molecule has 0 aliphatic rings. The first-order chi connectivity index (χ1) is 12.0. The summed E-state index contributed by atoms with van der Waals surface area (Å²) in [5, 5.41) is 1.62. The van der Waals surface area contributed by atoms with Crippen LogP contribution in [0.5, 0.6) is 5.75 Å². The van der Waals surface area contributed by atoms with Gasteiger partial charge in [-0.05, 0) is 40.8 Å². The van der Waals surface area contributed by atoms with Gasteiger partial charge in [-0.1, -0.05) is 0 Å². The monoisotopic (exact) mass is 493 g/mol. The molecule has 2 rings (SSSR count). The first-order valence-electron chi connectivity index (χ1n) is 6.57. The van der Waals surface area contributed by atoms with Crippen LogP contribution in [0.25, 0.3) is 0 Å². The predicted octanol–water partition coefficient (Wildman–Crippen LogP) is 5.13. The van der Waals surface area contributed by atoms with E-state index in [4.69, 9.17) is 0 Å². The number of methoxy groups -OCH3 is 1. The summed E-state index contributed by atoms with van der Waals surface area (Å²) in [5.74, 6) is -11.4. The van der Waals surface area contributed by atoms with Crippen molar-refractivity contribution in [3.05, 3.63) is 56.2 Å². The van der Waals surface area contributed by atoms with E-state index in [2.05, 4.69) is 4.74 Å². The van der Waals surface area contributed by atoms with Crippen LogP contribution < -0.4 is 10.1 Å². The van der Waals surface area contributed by atoms with Crippen molar-refractivity contribution in [2.45, 2.75) is 6.18 Å². The summed E-state index contributed by atoms with van der Waals surface area (Å²) in [7, 11) is 0.737. The molecular weight excluding hydrogens is 486 g/mol. The minimum absolute atomic E-state index is 0.173. The van der Waals surface area contributed by atoms with Crippen LogP contribution in [0.4, 0.5) is 36.4 Å². The highest BCUT2D eigenvalue weighted by Gasteiger charge is 2.35. The molecule has 0 atom stereocenters. The number of alkyl halides is 3. The number of anilines is 1. The summed E-state index contributed by atoms with van der Waals surface area (Å²) in [6.07, 6.45) is -4.89. The van der Waals surface area contributed by atoms with E-state index in [-0.39, 0.29) is 3.57 Å². The molecule has 1 amide bonds. The van der Waals surface area contributed by atoms with Gasteiger partial charge in [-0.2, -0.15) is 22.0 Å². The van der Waals surface area contributed by atoms with Crippen molar-refractivity contribution in [3.63, 3.8) is 0 Å². The number of nitrogens with one attached hydrogen (secondary N) is 1. The fourth-order valence-electron chi connectivity index (χ4n) is 2.03. The third-order valence-corrected chi connectivity index (χ3v) is 3.86. The first kappa shape index (κ1) is 20.3. The van der Waals surface area contributed by atoms with Gasteiger partial charge in [-0.25, -0.2) is 8.78 Å². The molecule has 0 bridgehead atoms. The van der Waals surface area contributed by atoms with Gasteiger partial charge in [0.25, 0.3) is 5.91 Å². The third-order valence-electron chi connectivity index (χ3n) is 3.19. The molecule has 3 nitrogen and oxygen atoms in total. The standard InChI is InChI=1S/C15H7F7INO2/c1-26-13-11(18)9(16)8(10(17)12(13)19)14(25)24-7-3-2-5(23)4-6(7)15(20,21)22/h2-4H,1H3,(H,24,25). The fraction of sp³-hybridized carbons (Fsp3) is 0.133. The zero-order valence-electron chi connectivity index (χ0n) is 12.6. The number of ether oxygens (including phenoxy) is 1. The Morgan fingerprint density at radius 1 is 1.04 bits per heavy atom. The van der Waals surface area contributed by atoms with Crippen LogP contribution in [-0.2, 0) is 6.18 Å². The van der Waals surface area contributed by atoms with E-state index in [1.165, 1.54) is 6.07 Å². The summed E-state index contributed by atoms with van der Waals surface area (Å²) in [6, 6.07) is 2.71. The summed E-state index contributed by atoms with van der Waals surface area (Å²) in [5.41, 5.74) is -3.85. The molecule has 1 N–H and O–H groups in total. The largest absolute Gasteiger partial charge is 0.491 e. The molecule has 0 spiro atoms. The Kier molecular flexibility index (Phi) is 5.68. The van der Waals surface area contributed by atoms with Crippen LogP contribution >= 0.6 is 22.6 Å². The van der Waals surface area contributed by atoms with Crippen LogP contribution in [0.15, 0.2) is 18.2 Å². The molecule has 140 valence electrons. The molecular formula is C15H7F7INO2. The van der Waals surface area contributed by atoms with Gasteiger partial charge in [0, 0.05) is 3.57 Å². The summed E-state index contributed by atoms with van der Waals surface area (Å²) in [6.45, 7) is 0. The maximum absolute atomic E-state index is 13.9. The Balaban J connectivity index is 2.54. The molecule has 0 saturated heterocycles. The Hall–Kier alpha value is -2.05. The van der Waals surface area contributed by atoms with Gasteiger partial charge < -0.3 is 10.1 Å². The van der Waals surface area contributed by atoms with Crippen molar-refractivity contribution in [1.29, 1.82) is 0 Å². The summed E-state index contributed by atoms with van der Waals surface area (Å²) >= 11 is 1.59. The minimum Gasteiger partial charge on any atom is -0.491 e. The van der Waals surface area contributed by atoms with Crippen LogP contribution in [-0.4, -0.2) is 13.0 Å². The second-order valence-electron chi connectivity index (χ2n) is 4.81. The Morgan fingerprint density at radius 3 is 2.04 bits per heavy atom. The second-order valence-corrected chi connectivity index (χ2v) is 6.05. The highest BCUT2D eigenvalue weighted by atomic mass is 127. The van der Waals surface area contributed by atoms with Crippen LogP contribution in [0.3, 0.4) is 0 Å². The first-order valence-corrected chi connectivity index (χ1v) is 7.65. The Morgan fingerprint density at radius 2 is 1.58 bits per heavy atom. The molecule has 0 fully saturated rings. The number of hydrogen-bond acceptors (Lipinski definition) is 2. The van der Waals surface area contributed by atoms with E-state index in [0.29, 0.717) is 6.07 Å². The average molecular weight is 493 g/mol. The smallest absolute Gasteiger partial charge is 0.418 e. The van der Waals surface area contributed by atoms with Crippen molar-refractivity contribution in [2.24, 2.45) is 0 Å². The molecule has 0 aromatic heterocycles. The lowest BCUT2D eigenvalue weighted by molar-refractivity contribution is -0.137. The Labute approximate surface area is 155 Å². The van der Waals surface area contributed by atoms with E-state index in [0.717, 1.165) is 13.2 Å². The van der Waals surface area contributed by atoms with E-state index in [1.54, 1.807) is 27.9 Å². The lowest BCUT2D eigenvalue weighted by Gasteiger charge is -2.15. The van der Waals surface area contributed by atoms with E-state index < -0.39 is 57.9 Å². The van der Waals surface area contributed by atoms with Crippen LogP contribution in [0, 0.1) is 26.8 Å². The van der Waals surface area contributed by atoms with Crippen molar-refractivity contribution in [2.75, 3.05) is 12.4 Å². The zero-order chi connectivity index (χ0) is 19.8. The van der Waals surface area contributed by atoms with E-state index >= 15 is 0 Å². The molecule has 26 heavy (non-hydrogen) atoms. The van der Waals surface area contributed by atoms with Gasteiger partial charge >= 0.3 is 6.18 Å². The van der Waals surface area contributed by atoms with Gasteiger partial charge in [0.05, 0.1) is 18.4 Å². The van der Waals surface area contributed by atoms with Crippen molar-refractivity contribution < 1.29 is 40.3 Å². The summed E-state index contributed by atoms with van der Waals surface area (Å²) in [4.78, 5) is 12.0. The predicted molar refractivity (Wildman–Crippen MR) is 84.9 cm³/mol. The fourth-order valence-corrected chi connectivity index (χ4v) is 2.53. The number of carbonyl (C=O) groups excluding carboxylic acids is 1. The molecule has 0 radical (unpaired) electrons. The highest BCUT2D eigenvalue weighted by molar-refractivity contribution is 14.1. The number of hydrogen-bond donors (Lipinski definition) is 1. The molecule has 0 unspecified atom stereocenters. The number of amides is 1. The second kappa shape index (κ2) is 7.29. The van der Waals surface area contributed by atoms with Crippen LogP contribution in [0.1, 0.15) is 15.9 Å².